The molecule has 0 amide bonds. The van der Waals surface area contributed by atoms with Crippen molar-refractivity contribution in [3.05, 3.63) is 35.4 Å². The van der Waals surface area contributed by atoms with Crippen molar-refractivity contribution in [2.75, 3.05) is 12.5 Å². The van der Waals surface area contributed by atoms with Crippen LogP contribution in [0.15, 0.2) is 24.3 Å². The predicted octanol–water partition coefficient (Wildman–Crippen LogP) is 2.68. The molecule has 0 radical (unpaired) electrons. The van der Waals surface area contributed by atoms with Gasteiger partial charge in [-0.05, 0) is 29.7 Å². The zero-order valence-electron chi connectivity index (χ0n) is 15.3. The summed E-state index contributed by atoms with van der Waals surface area (Å²) in [7, 11) is 0. The third-order valence-corrected chi connectivity index (χ3v) is 4.96. The van der Waals surface area contributed by atoms with Crippen LogP contribution in [0, 0.1) is 0 Å². The van der Waals surface area contributed by atoms with Crippen LogP contribution in [0.5, 0.6) is 0 Å². The van der Waals surface area contributed by atoms with Gasteiger partial charge >= 0.3 is 5.97 Å². The van der Waals surface area contributed by atoms with Gasteiger partial charge in [-0.15, -0.1) is 0 Å². The van der Waals surface area contributed by atoms with Crippen molar-refractivity contribution in [3.63, 3.8) is 0 Å². The van der Waals surface area contributed by atoms with Crippen LogP contribution < -0.4 is 0 Å². The first kappa shape index (κ1) is 20.9. The van der Waals surface area contributed by atoms with Gasteiger partial charge in [-0.25, -0.2) is 4.90 Å². The van der Waals surface area contributed by atoms with Crippen molar-refractivity contribution >= 4 is 22.8 Å². The summed E-state index contributed by atoms with van der Waals surface area (Å²) in [6.45, 7) is 4.17. The Bertz CT molecular complexity index is 609. The molecule has 0 saturated carbocycles. The first-order valence-electron chi connectivity index (χ1n) is 9.00. The van der Waals surface area contributed by atoms with E-state index in [9.17, 15) is 14.7 Å². The highest BCUT2D eigenvalue weighted by atomic mass is 32.2. The molecule has 1 aliphatic heterocycles. The average molecular weight is 381 g/mol. The fraction of sp³-hybridized carbons (Fsp3) is 0.579. The minimum Gasteiger partial charge on any atom is -0.448 e. The zero-order chi connectivity index (χ0) is 18.9. The smallest absolute Gasteiger partial charge is 0.325 e. The lowest BCUT2D eigenvalue weighted by atomic mass is 10.1. The molecule has 1 fully saturated rings. The van der Waals surface area contributed by atoms with Gasteiger partial charge in [0.2, 0.25) is 6.41 Å². The van der Waals surface area contributed by atoms with E-state index in [1.807, 2.05) is 19.1 Å². The largest absolute Gasteiger partial charge is 0.448 e. The molecule has 7 heteroatoms. The van der Waals surface area contributed by atoms with Crippen molar-refractivity contribution in [3.8, 4) is 0 Å². The molecule has 1 heterocycles. The van der Waals surface area contributed by atoms with Crippen molar-refractivity contribution in [2.24, 2.45) is 0 Å². The number of carbonyl (C=O) groups is 2. The van der Waals surface area contributed by atoms with Gasteiger partial charge in [-0.1, -0.05) is 56.3 Å². The van der Waals surface area contributed by atoms with Gasteiger partial charge in [0.25, 0.3) is 0 Å². The SMILES string of the molecule is CCCCc1cccc(COC(O)N2COC(=O)[C@@H]2CC(=O)SCC)c1. The molecule has 2 rings (SSSR count). The van der Waals surface area contributed by atoms with Gasteiger partial charge in [0.15, 0.2) is 5.12 Å². The summed E-state index contributed by atoms with van der Waals surface area (Å²) < 4.78 is 10.5. The molecular weight excluding hydrogens is 354 g/mol. The Morgan fingerprint density at radius 1 is 1.42 bits per heavy atom. The summed E-state index contributed by atoms with van der Waals surface area (Å²) in [5, 5.41) is 10.2. The summed E-state index contributed by atoms with van der Waals surface area (Å²) in [5.74, 6) is 0.146. The highest BCUT2D eigenvalue weighted by Gasteiger charge is 2.40. The third-order valence-electron chi connectivity index (χ3n) is 4.19. The van der Waals surface area contributed by atoms with Crippen LogP contribution in [-0.4, -0.2) is 46.0 Å². The van der Waals surface area contributed by atoms with Crippen molar-refractivity contribution in [2.45, 2.75) is 58.6 Å². The summed E-state index contributed by atoms with van der Waals surface area (Å²) in [6.07, 6.45) is 1.99. The number of carbonyl (C=O) groups excluding carboxylic acids is 2. The lowest BCUT2D eigenvalue weighted by molar-refractivity contribution is -0.210. The topological polar surface area (TPSA) is 76.1 Å². The third kappa shape index (κ3) is 6.09. The van der Waals surface area contributed by atoms with Crippen molar-refractivity contribution in [1.82, 2.24) is 4.90 Å². The summed E-state index contributed by atoms with van der Waals surface area (Å²) >= 11 is 1.16. The normalized spacial score (nSPS) is 18.7. The Morgan fingerprint density at radius 3 is 2.92 bits per heavy atom. The second-order valence-electron chi connectivity index (χ2n) is 6.19. The molecule has 0 bridgehead atoms. The summed E-state index contributed by atoms with van der Waals surface area (Å²) in [4.78, 5) is 25.1. The van der Waals surface area contributed by atoms with E-state index < -0.39 is 18.4 Å². The second-order valence-corrected chi connectivity index (χ2v) is 7.51. The Labute approximate surface area is 158 Å². The Kier molecular flexibility index (Phi) is 8.58. The van der Waals surface area contributed by atoms with Gasteiger partial charge in [-0.2, -0.15) is 0 Å². The molecular formula is C19H27NO5S. The van der Waals surface area contributed by atoms with Crippen LogP contribution in [0.2, 0.25) is 0 Å². The minimum atomic E-state index is -1.30. The first-order chi connectivity index (χ1) is 12.5. The molecule has 1 N–H and O–H groups in total. The maximum atomic E-state index is 11.9. The molecule has 26 heavy (non-hydrogen) atoms. The monoisotopic (exact) mass is 381 g/mol. The van der Waals surface area contributed by atoms with Gasteiger partial charge in [-0.3, -0.25) is 9.59 Å². The molecule has 0 aromatic heterocycles. The number of rotatable bonds is 10. The van der Waals surface area contributed by atoms with E-state index in [1.54, 1.807) is 0 Å². The van der Waals surface area contributed by atoms with Crippen LogP contribution >= 0.6 is 11.8 Å². The van der Waals surface area contributed by atoms with Crippen LogP contribution in [0.4, 0.5) is 0 Å². The number of hydrogen-bond donors (Lipinski definition) is 1. The van der Waals surface area contributed by atoms with E-state index in [0.717, 1.165) is 36.6 Å². The lowest BCUT2D eigenvalue weighted by Crippen LogP contribution is -2.43. The van der Waals surface area contributed by atoms with E-state index in [-0.39, 0.29) is 24.9 Å². The minimum absolute atomic E-state index is 0.00423. The number of aryl methyl sites for hydroxylation is 1. The van der Waals surface area contributed by atoms with E-state index in [0.29, 0.717) is 5.75 Å². The van der Waals surface area contributed by atoms with Crippen LogP contribution in [-0.2, 0) is 32.1 Å². The molecule has 1 saturated heterocycles. The highest BCUT2D eigenvalue weighted by Crippen LogP contribution is 2.21. The fourth-order valence-electron chi connectivity index (χ4n) is 2.78. The summed E-state index contributed by atoms with van der Waals surface area (Å²) in [6, 6.07) is 7.25. The molecule has 2 atom stereocenters. The Hall–Kier alpha value is -1.41. The second kappa shape index (κ2) is 10.7. The van der Waals surface area contributed by atoms with Gasteiger partial charge < -0.3 is 14.6 Å². The number of aliphatic hydroxyl groups is 1. The number of benzene rings is 1. The summed E-state index contributed by atoms with van der Waals surface area (Å²) in [5.41, 5.74) is 2.19. The van der Waals surface area contributed by atoms with Crippen LogP contribution in [0.3, 0.4) is 0 Å². The predicted molar refractivity (Wildman–Crippen MR) is 100 cm³/mol. The quantitative estimate of drug-likeness (QED) is 0.493. The van der Waals surface area contributed by atoms with E-state index in [2.05, 4.69) is 19.1 Å². The molecule has 0 aliphatic carbocycles. The molecule has 6 nitrogen and oxygen atoms in total. The van der Waals surface area contributed by atoms with Crippen LogP contribution in [0.25, 0.3) is 0 Å². The first-order valence-corrected chi connectivity index (χ1v) is 9.99. The Balaban J connectivity index is 1.90. The van der Waals surface area contributed by atoms with Gasteiger partial charge in [0.05, 0.1) is 6.61 Å². The molecule has 144 valence electrons. The number of thioether (sulfide) groups is 1. The number of nitrogens with zero attached hydrogens (tertiary/aromatic N) is 1. The Morgan fingerprint density at radius 2 is 2.19 bits per heavy atom. The maximum absolute atomic E-state index is 11.9. The van der Waals surface area contributed by atoms with Crippen molar-refractivity contribution in [1.29, 1.82) is 0 Å². The average Bonchev–Trinajstić information content (AvgIpc) is 2.99. The fourth-order valence-corrected chi connectivity index (χ4v) is 3.38. The highest BCUT2D eigenvalue weighted by molar-refractivity contribution is 8.13. The van der Waals surface area contributed by atoms with Gasteiger partial charge in [0, 0.05) is 6.42 Å². The maximum Gasteiger partial charge on any atom is 0.325 e. The number of hydrogen-bond acceptors (Lipinski definition) is 7. The molecule has 1 aromatic carbocycles. The van der Waals surface area contributed by atoms with Gasteiger partial charge in [0.1, 0.15) is 12.8 Å². The number of aliphatic hydroxyl groups excluding tert-OH is 1. The number of unbranched alkanes of at least 4 members (excludes halogenated alkanes) is 1. The molecule has 1 unspecified atom stereocenters. The van der Waals surface area contributed by atoms with E-state index in [4.69, 9.17) is 9.47 Å². The zero-order valence-corrected chi connectivity index (χ0v) is 16.2. The molecule has 0 spiro atoms. The number of esters is 1. The van der Waals surface area contributed by atoms with Crippen molar-refractivity contribution < 1.29 is 24.2 Å². The van der Waals surface area contributed by atoms with E-state index in [1.165, 1.54) is 10.5 Å². The molecule has 1 aliphatic rings. The lowest BCUT2D eigenvalue weighted by Gasteiger charge is -2.25. The molecule has 1 aromatic rings. The number of cyclic esters (lactones) is 1. The van der Waals surface area contributed by atoms with Crippen LogP contribution in [0.1, 0.15) is 44.2 Å². The van der Waals surface area contributed by atoms with E-state index >= 15 is 0 Å². The standard InChI is InChI=1S/C19H27NO5S/c1-3-5-7-14-8-6-9-15(10-14)12-24-19(23)20-13-25-18(22)16(20)11-17(21)26-4-2/h6,8-10,16,19,23H,3-5,7,11-13H2,1-2H3/t16-,19?/m0/s1. The number of ether oxygens (including phenoxy) is 2.